The number of carbonyl (C=O) groups is 1. The van der Waals surface area contributed by atoms with Gasteiger partial charge in [0.05, 0.1) is 41.5 Å². The number of anilines is 1. The fourth-order valence-corrected chi connectivity index (χ4v) is 2.99. The molecule has 8 heteroatoms. The first kappa shape index (κ1) is 20.6. The highest BCUT2D eigenvalue weighted by Crippen LogP contribution is 2.32. The van der Waals surface area contributed by atoms with E-state index in [0.717, 1.165) is 5.56 Å². The summed E-state index contributed by atoms with van der Waals surface area (Å²) in [4.78, 5) is 14.1. The lowest BCUT2D eigenvalue weighted by Gasteiger charge is -2.18. The first-order valence-electron chi connectivity index (χ1n) is 7.68. The van der Waals surface area contributed by atoms with E-state index in [0.29, 0.717) is 38.8 Å². The number of ether oxygens (including phenoxy) is 2. The minimum absolute atomic E-state index is 0.172. The van der Waals surface area contributed by atoms with Crippen LogP contribution >= 0.6 is 34.8 Å². The maximum absolute atomic E-state index is 12.3. The third-order valence-corrected chi connectivity index (χ3v) is 4.63. The van der Waals surface area contributed by atoms with Crippen molar-refractivity contribution in [1.82, 2.24) is 4.90 Å². The molecule has 0 atom stereocenters. The van der Waals surface area contributed by atoms with Crippen molar-refractivity contribution in [3.05, 3.63) is 51.0 Å². The fraction of sp³-hybridized carbons (Fsp3) is 0.278. The molecule has 0 saturated heterocycles. The Bertz CT molecular complexity index is 799. The highest BCUT2D eigenvalue weighted by Gasteiger charge is 2.12. The third kappa shape index (κ3) is 5.42. The molecule has 0 radical (unpaired) electrons. The predicted octanol–water partition coefficient (Wildman–Crippen LogP) is 4.73. The smallest absolute Gasteiger partial charge is 0.238 e. The summed E-state index contributed by atoms with van der Waals surface area (Å²) in [6, 6.07) is 8.65. The zero-order valence-electron chi connectivity index (χ0n) is 14.6. The van der Waals surface area contributed by atoms with Gasteiger partial charge < -0.3 is 14.8 Å². The molecule has 1 amide bonds. The molecule has 140 valence electrons. The van der Waals surface area contributed by atoms with Crippen LogP contribution < -0.4 is 14.8 Å². The molecule has 0 bridgehead atoms. The molecule has 0 saturated carbocycles. The number of hydrogen-bond acceptors (Lipinski definition) is 4. The number of rotatable bonds is 7. The van der Waals surface area contributed by atoms with Gasteiger partial charge in [-0.2, -0.15) is 0 Å². The summed E-state index contributed by atoms with van der Waals surface area (Å²) in [5.41, 5.74) is 1.41. The highest BCUT2D eigenvalue weighted by molar-refractivity contribution is 6.44. The van der Waals surface area contributed by atoms with Crippen LogP contribution in [0.2, 0.25) is 15.1 Å². The quantitative estimate of drug-likeness (QED) is 0.661. The predicted molar refractivity (Wildman–Crippen MR) is 106 cm³/mol. The van der Waals surface area contributed by atoms with Crippen LogP contribution in [0.5, 0.6) is 11.5 Å². The molecule has 1 N–H and O–H groups in total. The number of methoxy groups -OCH3 is 2. The van der Waals surface area contributed by atoms with Crippen molar-refractivity contribution in [3.8, 4) is 11.5 Å². The van der Waals surface area contributed by atoms with Gasteiger partial charge in [-0.3, -0.25) is 9.69 Å². The van der Waals surface area contributed by atoms with Crippen molar-refractivity contribution in [2.24, 2.45) is 0 Å². The second-order valence-corrected chi connectivity index (χ2v) is 6.88. The van der Waals surface area contributed by atoms with Gasteiger partial charge in [0.1, 0.15) is 0 Å². The number of nitrogens with zero attached hydrogens (tertiary/aromatic N) is 1. The molecule has 0 aliphatic heterocycles. The molecule has 0 aromatic heterocycles. The van der Waals surface area contributed by atoms with Crippen LogP contribution in [-0.4, -0.2) is 38.6 Å². The second kappa shape index (κ2) is 9.33. The number of likely N-dealkylation sites (N-methyl/N-ethyl adjacent to an activating group) is 1. The molecule has 0 fully saturated rings. The average molecular weight is 418 g/mol. The second-order valence-electron chi connectivity index (χ2n) is 5.66. The third-order valence-electron chi connectivity index (χ3n) is 3.60. The normalized spacial score (nSPS) is 10.7. The van der Waals surface area contributed by atoms with Gasteiger partial charge in [-0.15, -0.1) is 0 Å². The van der Waals surface area contributed by atoms with Crippen molar-refractivity contribution in [2.75, 3.05) is 33.1 Å². The number of carbonyl (C=O) groups excluding carboxylic acids is 1. The van der Waals surface area contributed by atoms with Crippen molar-refractivity contribution in [2.45, 2.75) is 6.54 Å². The van der Waals surface area contributed by atoms with Crippen LogP contribution in [0.4, 0.5) is 5.69 Å². The van der Waals surface area contributed by atoms with Crippen LogP contribution in [-0.2, 0) is 11.3 Å². The molecule has 2 aromatic carbocycles. The first-order valence-corrected chi connectivity index (χ1v) is 8.81. The Kier molecular flexibility index (Phi) is 7.41. The minimum Gasteiger partial charge on any atom is -0.493 e. The molecule has 0 heterocycles. The van der Waals surface area contributed by atoms with Crippen LogP contribution in [0.15, 0.2) is 30.3 Å². The molecule has 2 aromatic rings. The monoisotopic (exact) mass is 416 g/mol. The molecule has 0 unspecified atom stereocenters. The minimum atomic E-state index is -0.215. The number of nitrogens with one attached hydrogen (secondary N) is 1. The average Bonchev–Trinajstić information content (AvgIpc) is 2.59. The zero-order chi connectivity index (χ0) is 19.3. The molecular weight excluding hydrogens is 399 g/mol. The zero-order valence-corrected chi connectivity index (χ0v) is 16.9. The van der Waals surface area contributed by atoms with Gasteiger partial charge in [-0.1, -0.05) is 40.9 Å². The van der Waals surface area contributed by atoms with Gasteiger partial charge in [0, 0.05) is 6.54 Å². The number of benzene rings is 2. The van der Waals surface area contributed by atoms with Gasteiger partial charge >= 0.3 is 0 Å². The van der Waals surface area contributed by atoms with Crippen molar-refractivity contribution in [3.63, 3.8) is 0 Å². The van der Waals surface area contributed by atoms with Crippen molar-refractivity contribution in [1.29, 1.82) is 0 Å². The fourth-order valence-electron chi connectivity index (χ4n) is 2.40. The number of halogens is 3. The van der Waals surface area contributed by atoms with E-state index < -0.39 is 0 Å². The van der Waals surface area contributed by atoms with Crippen molar-refractivity contribution < 1.29 is 14.3 Å². The summed E-state index contributed by atoms with van der Waals surface area (Å²) < 4.78 is 10.5. The molecule has 26 heavy (non-hydrogen) atoms. The summed E-state index contributed by atoms with van der Waals surface area (Å²) in [5, 5.41) is 3.72. The lowest BCUT2D eigenvalue weighted by Crippen LogP contribution is -2.29. The first-order chi connectivity index (χ1) is 12.3. The van der Waals surface area contributed by atoms with Crippen LogP contribution in [0.3, 0.4) is 0 Å². The highest BCUT2D eigenvalue weighted by atomic mass is 35.5. The van der Waals surface area contributed by atoms with Gasteiger partial charge in [-0.05, 0) is 36.9 Å². The van der Waals surface area contributed by atoms with Crippen LogP contribution in [0.25, 0.3) is 0 Å². The van der Waals surface area contributed by atoms with Gasteiger partial charge in [0.15, 0.2) is 11.5 Å². The Morgan fingerprint density at radius 3 is 2.31 bits per heavy atom. The Balaban J connectivity index is 1.98. The summed E-state index contributed by atoms with van der Waals surface area (Å²) in [7, 11) is 5.01. The number of hydrogen-bond donors (Lipinski definition) is 1. The maximum Gasteiger partial charge on any atom is 0.238 e. The molecule has 0 aliphatic rings. The summed E-state index contributed by atoms with van der Waals surface area (Å²) in [6.45, 7) is 0.730. The molecular formula is C18H19Cl3N2O3. The van der Waals surface area contributed by atoms with Gasteiger partial charge in [0.25, 0.3) is 0 Å². The lowest BCUT2D eigenvalue weighted by atomic mass is 10.2. The van der Waals surface area contributed by atoms with E-state index in [2.05, 4.69) is 5.32 Å². The van der Waals surface area contributed by atoms with E-state index in [4.69, 9.17) is 44.3 Å². The molecule has 0 aliphatic carbocycles. The molecule has 5 nitrogen and oxygen atoms in total. The molecule has 0 spiro atoms. The largest absolute Gasteiger partial charge is 0.493 e. The van der Waals surface area contributed by atoms with Crippen LogP contribution in [0.1, 0.15) is 5.56 Å². The van der Waals surface area contributed by atoms with E-state index in [-0.39, 0.29) is 12.5 Å². The topological polar surface area (TPSA) is 50.8 Å². The Hall–Kier alpha value is -1.66. The van der Waals surface area contributed by atoms with E-state index >= 15 is 0 Å². The SMILES string of the molecule is COc1ccc(CN(C)CC(=O)Nc2cc(Cl)c(Cl)cc2Cl)cc1OC. The van der Waals surface area contributed by atoms with Gasteiger partial charge in [-0.25, -0.2) is 0 Å². The Labute approximate surface area is 167 Å². The van der Waals surface area contributed by atoms with Crippen LogP contribution in [0, 0.1) is 0 Å². The van der Waals surface area contributed by atoms with Gasteiger partial charge in [0.2, 0.25) is 5.91 Å². The maximum atomic E-state index is 12.3. The van der Waals surface area contributed by atoms with E-state index in [1.54, 1.807) is 14.2 Å². The van der Waals surface area contributed by atoms with E-state index in [1.807, 2.05) is 30.1 Å². The van der Waals surface area contributed by atoms with E-state index in [1.165, 1.54) is 12.1 Å². The molecule has 2 rings (SSSR count). The summed E-state index contributed by atoms with van der Waals surface area (Å²) in [5.74, 6) is 1.09. The summed E-state index contributed by atoms with van der Waals surface area (Å²) >= 11 is 17.9. The number of amides is 1. The Morgan fingerprint density at radius 1 is 1.00 bits per heavy atom. The standard InChI is InChI=1S/C18H19Cl3N2O3/c1-23(9-11-4-5-16(25-2)17(6-11)26-3)10-18(24)22-15-8-13(20)12(19)7-14(15)21/h4-8H,9-10H2,1-3H3,(H,22,24). The van der Waals surface area contributed by atoms with Crippen molar-refractivity contribution >= 4 is 46.4 Å². The Morgan fingerprint density at radius 2 is 1.65 bits per heavy atom. The van der Waals surface area contributed by atoms with E-state index in [9.17, 15) is 4.79 Å². The lowest BCUT2D eigenvalue weighted by molar-refractivity contribution is -0.117. The summed E-state index contributed by atoms with van der Waals surface area (Å²) in [6.07, 6.45) is 0.